The second-order valence-corrected chi connectivity index (χ2v) is 8.34. The van der Waals surface area contributed by atoms with E-state index in [1.165, 1.54) is 22.3 Å². The summed E-state index contributed by atoms with van der Waals surface area (Å²) in [7, 11) is 0. The topological polar surface area (TPSA) is 71.0 Å². The molecule has 0 saturated carbocycles. The minimum Gasteiger partial charge on any atom is -0.449 e. The molecule has 1 amide bonds. The smallest absolute Gasteiger partial charge is 0.407 e. The summed E-state index contributed by atoms with van der Waals surface area (Å²) in [6.45, 7) is 6.57. The van der Waals surface area contributed by atoms with Gasteiger partial charge in [0.15, 0.2) is 0 Å². The number of aliphatic hydroxyl groups excluding tert-OH is 1. The highest BCUT2D eigenvalue weighted by molar-refractivity contribution is 5.79. The molecule has 0 aromatic heterocycles. The SMILES string of the molecule is C[C@@H]1CN(CC(O)CNC(=O)OCC2c3ccccc3-c3ccccc32)C[C@H](C)O1. The maximum atomic E-state index is 12.2. The number of carbonyl (C=O) groups excluding carboxylic acids is 1. The van der Waals surface area contributed by atoms with Crippen LogP contribution in [0.2, 0.25) is 0 Å². The van der Waals surface area contributed by atoms with Crippen molar-refractivity contribution in [2.45, 2.75) is 38.1 Å². The molecular formula is C24H30N2O4. The van der Waals surface area contributed by atoms with E-state index in [0.29, 0.717) is 6.54 Å². The second kappa shape index (κ2) is 9.16. The van der Waals surface area contributed by atoms with Crippen molar-refractivity contribution in [1.82, 2.24) is 10.2 Å². The lowest BCUT2D eigenvalue weighted by Crippen LogP contribution is -2.49. The lowest BCUT2D eigenvalue weighted by atomic mass is 9.98. The highest BCUT2D eigenvalue weighted by atomic mass is 16.5. The number of aliphatic hydroxyl groups is 1. The second-order valence-electron chi connectivity index (χ2n) is 8.34. The fourth-order valence-electron chi connectivity index (χ4n) is 4.65. The van der Waals surface area contributed by atoms with E-state index < -0.39 is 12.2 Å². The number of nitrogens with zero attached hydrogens (tertiary/aromatic N) is 1. The van der Waals surface area contributed by atoms with Crippen molar-refractivity contribution in [3.05, 3.63) is 59.7 Å². The molecule has 1 saturated heterocycles. The molecule has 30 heavy (non-hydrogen) atoms. The van der Waals surface area contributed by atoms with Gasteiger partial charge in [-0.25, -0.2) is 4.79 Å². The first-order valence-corrected chi connectivity index (χ1v) is 10.7. The summed E-state index contributed by atoms with van der Waals surface area (Å²) in [6, 6.07) is 16.5. The number of morpholine rings is 1. The molecule has 2 N–H and O–H groups in total. The van der Waals surface area contributed by atoms with Crippen LogP contribution >= 0.6 is 0 Å². The summed E-state index contributed by atoms with van der Waals surface area (Å²) < 4.78 is 11.2. The van der Waals surface area contributed by atoms with Gasteiger partial charge in [-0.2, -0.15) is 0 Å². The van der Waals surface area contributed by atoms with Gasteiger partial charge in [-0.3, -0.25) is 4.90 Å². The Hall–Kier alpha value is -2.41. The molecule has 2 aliphatic rings. The van der Waals surface area contributed by atoms with Crippen molar-refractivity contribution in [2.75, 3.05) is 32.8 Å². The zero-order valence-electron chi connectivity index (χ0n) is 17.6. The fourth-order valence-corrected chi connectivity index (χ4v) is 4.65. The summed E-state index contributed by atoms with van der Waals surface area (Å²) in [5, 5.41) is 13.0. The third kappa shape index (κ3) is 4.67. The Morgan fingerprint density at radius 3 is 2.27 bits per heavy atom. The van der Waals surface area contributed by atoms with E-state index in [2.05, 4.69) is 34.5 Å². The van der Waals surface area contributed by atoms with E-state index in [1.807, 2.05) is 38.1 Å². The van der Waals surface area contributed by atoms with Gasteiger partial charge >= 0.3 is 6.09 Å². The van der Waals surface area contributed by atoms with E-state index in [1.54, 1.807) is 0 Å². The van der Waals surface area contributed by atoms with E-state index >= 15 is 0 Å². The molecule has 1 fully saturated rings. The van der Waals surface area contributed by atoms with Gasteiger partial charge in [0.1, 0.15) is 6.61 Å². The minimum absolute atomic E-state index is 0.0319. The Labute approximate surface area is 177 Å². The van der Waals surface area contributed by atoms with Crippen LogP contribution in [0.1, 0.15) is 30.9 Å². The maximum Gasteiger partial charge on any atom is 0.407 e. The Kier molecular flexibility index (Phi) is 6.37. The number of amides is 1. The summed E-state index contributed by atoms with van der Waals surface area (Å²) in [4.78, 5) is 14.4. The lowest BCUT2D eigenvalue weighted by molar-refractivity contribution is -0.0761. The maximum absolute atomic E-state index is 12.2. The number of rotatable bonds is 6. The van der Waals surface area contributed by atoms with Crippen LogP contribution in [-0.2, 0) is 9.47 Å². The van der Waals surface area contributed by atoms with Gasteiger partial charge in [0, 0.05) is 32.1 Å². The third-order valence-corrected chi connectivity index (χ3v) is 5.79. The van der Waals surface area contributed by atoms with Crippen molar-refractivity contribution >= 4 is 6.09 Å². The van der Waals surface area contributed by atoms with Crippen LogP contribution < -0.4 is 5.32 Å². The number of alkyl carbamates (subject to hydrolysis) is 1. The van der Waals surface area contributed by atoms with Crippen LogP contribution in [-0.4, -0.2) is 67.2 Å². The van der Waals surface area contributed by atoms with Crippen LogP contribution in [0, 0.1) is 0 Å². The predicted molar refractivity (Wildman–Crippen MR) is 116 cm³/mol. The molecule has 6 heteroatoms. The number of benzene rings is 2. The van der Waals surface area contributed by atoms with Gasteiger partial charge < -0.3 is 19.9 Å². The van der Waals surface area contributed by atoms with Crippen molar-refractivity contribution in [1.29, 1.82) is 0 Å². The number of nitrogens with one attached hydrogen (secondary N) is 1. The van der Waals surface area contributed by atoms with E-state index in [4.69, 9.17) is 9.47 Å². The standard InChI is InChI=1S/C24H30N2O4/c1-16-12-26(13-17(2)30-16)14-18(27)11-25-24(28)29-15-23-21-9-5-3-7-19(21)20-8-4-6-10-22(20)23/h3-10,16-18,23,27H,11-15H2,1-2H3,(H,25,28)/t16-,17+,18?. The average molecular weight is 411 g/mol. The normalized spacial score (nSPS) is 22.2. The van der Waals surface area contributed by atoms with Gasteiger partial charge in [-0.1, -0.05) is 48.5 Å². The van der Waals surface area contributed by atoms with Crippen LogP contribution in [0.3, 0.4) is 0 Å². The predicted octanol–water partition coefficient (Wildman–Crippen LogP) is 3.00. The number of ether oxygens (including phenoxy) is 2. The molecule has 1 unspecified atom stereocenters. The van der Waals surface area contributed by atoms with Crippen LogP contribution in [0.4, 0.5) is 4.79 Å². The number of hydrogen-bond acceptors (Lipinski definition) is 5. The van der Waals surface area contributed by atoms with Crippen LogP contribution in [0.15, 0.2) is 48.5 Å². The van der Waals surface area contributed by atoms with Crippen molar-refractivity contribution in [3.8, 4) is 11.1 Å². The van der Waals surface area contributed by atoms with E-state index in [9.17, 15) is 9.90 Å². The van der Waals surface area contributed by atoms with Gasteiger partial charge in [-0.15, -0.1) is 0 Å². The first kappa shape index (κ1) is 20.8. The summed E-state index contributed by atoms with van der Waals surface area (Å²) >= 11 is 0. The Morgan fingerprint density at radius 1 is 1.10 bits per heavy atom. The lowest BCUT2D eigenvalue weighted by Gasteiger charge is -2.36. The summed E-state index contributed by atoms with van der Waals surface area (Å²) in [6.07, 6.45) is -0.852. The number of fused-ring (bicyclic) bond motifs is 3. The molecule has 0 bridgehead atoms. The molecule has 0 radical (unpaired) electrons. The number of β-amino-alcohol motifs (C(OH)–C–C–N with tert-alkyl or cyclic N) is 1. The van der Waals surface area contributed by atoms with Gasteiger partial charge in [0.25, 0.3) is 0 Å². The van der Waals surface area contributed by atoms with Crippen molar-refractivity contribution in [3.63, 3.8) is 0 Å². The van der Waals surface area contributed by atoms with Gasteiger partial charge in [-0.05, 0) is 36.1 Å². The third-order valence-electron chi connectivity index (χ3n) is 5.79. The minimum atomic E-state index is -0.650. The molecule has 4 rings (SSSR count). The molecular weight excluding hydrogens is 380 g/mol. The highest BCUT2D eigenvalue weighted by Gasteiger charge is 2.29. The van der Waals surface area contributed by atoms with E-state index in [0.717, 1.165) is 13.1 Å². The van der Waals surface area contributed by atoms with Gasteiger partial charge in [0.2, 0.25) is 0 Å². The molecule has 6 nitrogen and oxygen atoms in total. The number of carbonyl (C=O) groups is 1. The zero-order valence-corrected chi connectivity index (χ0v) is 17.6. The summed E-state index contributed by atoms with van der Waals surface area (Å²) in [5.41, 5.74) is 4.77. The van der Waals surface area contributed by atoms with Crippen LogP contribution in [0.25, 0.3) is 11.1 Å². The molecule has 1 heterocycles. The summed E-state index contributed by atoms with van der Waals surface area (Å²) in [5.74, 6) is 0.0319. The van der Waals surface area contributed by atoms with Crippen molar-refractivity contribution < 1.29 is 19.4 Å². The largest absolute Gasteiger partial charge is 0.449 e. The Balaban J connectivity index is 1.27. The molecule has 0 spiro atoms. The van der Waals surface area contributed by atoms with Crippen LogP contribution in [0.5, 0.6) is 0 Å². The molecule has 1 aliphatic heterocycles. The first-order valence-electron chi connectivity index (χ1n) is 10.7. The molecule has 3 atom stereocenters. The zero-order chi connectivity index (χ0) is 21.1. The van der Waals surface area contributed by atoms with Crippen molar-refractivity contribution in [2.24, 2.45) is 0 Å². The van der Waals surface area contributed by atoms with E-state index in [-0.39, 0.29) is 31.3 Å². The molecule has 1 aliphatic carbocycles. The van der Waals surface area contributed by atoms with Gasteiger partial charge in [0.05, 0.1) is 18.3 Å². The quantitative estimate of drug-likeness (QED) is 0.766. The Bertz CT molecular complexity index is 832. The first-order chi connectivity index (χ1) is 14.5. The number of hydrogen-bond donors (Lipinski definition) is 2. The highest BCUT2D eigenvalue weighted by Crippen LogP contribution is 2.44. The molecule has 2 aromatic rings. The average Bonchev–Trinajstić information content (AvgIpc) is 3.04. The molecule has 2 aromatic carbocycles. The Morgan fingerprint density at radius 2 is 1.67 bits per heavy atom. The monoisotopic (exact) mass is 410 g/mol. The fraction of sp³-hybridized carbons (Fsp3) is 0.458. The molecule has 160 valence electrons.